The van der Waals surface area contributed by atoms with E-state index in [9.17, 15) is 0 Å². The third kappa shape index (κ3) is 2.10. The van der Waals surface area contributed by atoms with E-state index in [1.807, 2.05) is 4.57 Å². The fourth-order valence-corrected chi connectivity index (χ4v) is 1.53. The van der Waals surface area contributed by atoms with E-state index in [4.69, 9.17) is 18.0 Å². The van der Waals surface area contributed by atoms with Crippen LogP contribution in [0.4, 0.5) is 0 Å². The predicted molar refractivity (Wildman–Crippen MR) is 55.6 cm³/mol. The molecule has 0 aliphatic heterocycles. The number of nitrogens with two attached hydrogens (primary N) is 1. The van der Waals surface area contributed by atoms with E-state index in [1.54, 1.807) is 11.0 Å². The van der Waals surface area contributed by atoms with Crippen molar-refractivity contribution in [3.8, 4) is 0 Å². The molecular weight excluding hydrogens is 214 g/mol. The third-order valence-electron chi connectivity index (χ3n) is 1.96. The normalized spacial score (nSPS) is 10.7. The van der Waals surface area contributed by atoms with Gasteiger partial charge < -0.3 is 10.3 Å². The topological polar surface area (TPSA) is 90.3 Å². The monoisotopic (exact) mass is 225 g/mol. The first kappa shape index (κ1) is 9.99. The molecule has 8 heteroatoms. The molecule has 80 valence electrons. The summed E-state index contributed by atoms with van der Waals surface area (Å²) in [4.78, 5) is 3.85. The van der Waals surface area contributed by atoms with Crippen LogP contribution in [0.25, 0.3) is 0 Å². The summed E-state index contributed by atoms with van der Waals surface area (Å²) < 4.78 is 4.12. The van der Waals surface area contributed by atoms with Crippen molar-refractivity contribution in [1.29, 1.82) is 0 Å². The average molecular weight is 225 g/mol. The first-order chi connectivity index (χ1) is 7.31. The van der Waals surface area contributed by atoms with Crippen molar-refractivity contribution in [1.82, 2.24) is 29.5 Å². The molecule has 2 heterocycles. The van der Waals surface area contributed by atoms with Crippen LogP contribution in [0.15, 0.2) is 12.7 Å². The number of hydrogen-bond donors (Lipinski definition) is 2. The van der Waals surface area contributed by atoms with E-state index in [1.165, 1.54) is 6.33 Å². The number of aromatic amines is 1. The van der Waals surface area contributed by atoms with Gasteiger partial charge in [-0.2, -0.15) is 10.2 Å². The molecule has 2 aromatic heterocycles. The van der Waals surface area contributed by atoms with Gasteiger partial charge in [0.15, 0.2) is 10.6 Å². The Kier molecular flexibility index (Phi) is 2.88. The van der Waals surface area contributed by atoms with Gasteiger partial charge in [-0.3, -0.25) is 5.10 Å². The third-order valence-corrected chi connectivity index (χ3v) is 2.27. The lowest BCUT2D eigenvalue weighted by Crippen LogP contribution is -2.15. The maximum absolute atomic E-state index is 5.49. The summed E-state index contributed by atoms with van der Waals surface area (Å²) in [6, 6.07) is 0. The molecule has 0 aliphatic rings. The Bertz CT molecular complexity index is 468. The van der Waals surface area contributed by atoms with Crippen LogP contribution in [0.3, 0.4) is 0 Å². The highest BCUT2D eigenvalue weighted by Crippen LogP contribution is 1.99. The average Bonchev–Trinajstić information content (AvgIpc) is 2.83. The van der Waals surface area contributed by atoms with Gasteiger partial charge in [0.05, 0.1) is 0 Å². The summed E-state index contributed by atoms with van der Waals surface area (Å²) in [5.74, 6) is 0.802. The fourth-order valence-electron chi connectivity index (χ4n) is 1.29. The van der Waals surface area contributed by atoms with E-state index in [2.05, 4.69) is 20.3 Å². The minimum absolute atomic E-state index is 0.526. The largest absolute Gasteiger partial charge is 0.329 e. The summed E-state index contributed by atoms with van der Waals surface area (Å²) in [5.41, 5.74) is 5.49. The van der Waals surface area contributed by atoms with Gasteiger partial charge in [-0.05, 0) is 12.2 Å². The molecule has 2 rings (SSSR count). The van der Waals surface area contributed by atoms with Gasteiger partial charge in [0, 0.05) is 13.1 Å². The number of nitrogens with zero attached hydrogens (tertiary/aromatic N) is 5. The molecule has 0 amide bonds. The molecule has 0 saturated carbocycles. The second-order valence-corrected chi connectivity index (χ2v) is 3.37. The Hall–Kier alpha value is -1.54. The Labute approximate surface area is 90.9 Å². The maximum Gasteiger partial charge on any atom is 0.195 e. The summed E-state index contributed by atoms with van der Waals surface area (Å²) in [7, 11) is 0. The van der Waals surface area contributed by atoms with E-state index in [0.717, 1.165) is 5.82 Å². The highest BCUT2D eigenvalue weighted by atomic mass is 32.1. The van der Waals surface area contributed by atoms with E-state index < -0.39 is 0 Å². The number of H-pyrrole nitrogens is 1. The van der Waals surface area contributed by atoms with Crippen molar-refractivity contribution < 1.29 is 0 Å². The second-order valence-electron chi connectivity index (χ2n) is 2.98. The van der Waals surface area contributed by atoms with Crippen LogP contribution in [-0.4, -0.2) is 36.1 Å². The summed E-state index contributed by atoms with van der Waals surface area (Å²) in [5, 5.41) is 10.8. The van der Waals surface area contributed by atoms with Crippen LogP contribution in [0.1, 0.15) is 5.82 Å². The predicted octanol–water partition coefficient (Wildman–Crippen LogP) is -0.461. The van der Waals surface area contributed by atoms with Crippen LogP contribution in [-0.2, 0) is 13.1 Å². The number of nitrogens with one attached hydrogen (secondary N) is 1. The highest BCUT2D eigenvalue weighted by molar-refractivity contribution is 7.71. The van der Waals surface area contributed by atoms with Gasteiger partial charge in [-0.1, -0.05) is 0 Å². The van der Waals surface area contributed by atoms with Gasteiger partial charge in [0.1, 0.15) is 19.2 Å². The van der Waals surface area contributed by atoms with Crippen molar-refractivity contribution in [2.24, 2.45) is 5.73 Å². The van der Waals surface area contributed by atoms with Crippen LogP contribution in [0.5, 0.6) is 0 Å². The first-order valence-electron chi connectivity index (χ1n) is 4.48. The molecule has 0 saturated heterocycles. The Balaban J connectivity index is 2.24. The zero-order chi connectivity index (χ0) is 10.7. The van der Waals surface area contributed by atoms with Crippen LogP contribution in [0.2, 0.25) is 0 Å². The molecule has 0 unspecified atom stereocenters. The van der Waals surface area contributed by atoms with Crippen molar-refractivity contribution in [2.75, 3.05) is 6.54 Å². The maximum atomic E-state index is 5.49. The molecule has 3 N–H and O–H groups in total. The Morgan fingerprint density at radius 1 is 1.53 bits per heavy atom. The molecule has 0 aliphatic carbocycles. The molecule has 0 aromatic carbocycles. The molecular formula is C7H11N7S. The molecule has 15 heavy (non-hydrogen) atoms. The highest BCUT2D eigenvalue weighted by Gasteiger charge is 2.05. The van der Waals surface area contributed by atoms with Gasteiger partial charge >= 0.3 is 0 Å². The van der Waals surface area contributed by atoms with Crippen LogP contribution < -0.4 is 5.73 Å². The fraction of sp³-hybridized carbons (Fsp3) is 0.429. The second kappa shape index (κ2) is 4.32. The smallest absolute Gasteiger partial charge is 0.195 e. The minimum atomic E-state index is 0.526. The molecule has 0 atom stereocenters. The summed E-state index contributed by atoms with van der Waals surface area (Å²) >= 11 is 5.08. The molecule has 0 fully saturated rings. The Morgan fingerprint density at radius 3 is 3.07 bits per heavy atom. The van der Waals surface area contributed by atoms with E-state index in [-0.39, 0.29) is 0 Å². The van der Waals surface area contributed by atoms with Crippen LogP contribution >= 0.6 is 12.2 Å². The zero-order valence-electron chi connectivity index (χ0n) is 8.00. The van der Waals surface area contributed by atoms with Gasteiger partial charge in [0.25, 0.3) is 0 Å². The van der Waals surface area contributed by atoms with Crippen molar-refractivity contribution in [3.05, 3.63) is 23.3 Å². The van der Waals surface area contributed by atoms with Crippen molar-refractivity contribution in [3.63, 3.8) is 0 Å². The lowest BCUT2D eigenvalue weighted by molar-refractivity contribution is 0.590. The first-order valence-corrected chi connectivity index (χ1v) is 4.88. The molecule has 0 spiro atoms. The van der Waals surface area contributed by atoms with Crippen LogP contribution in [0, 0.1) is 4.77 Å². The SMILES string of the molecule is NCCn1c(Cn2cncn2)n[nH]c1=S. The molecule has 0 radical (unpaired) electrons. The molecule has 0 bridgehead atoms. The quantitative estimate of drug-likeness (QED) is 0.687. The van der Waals surface area contributed by atoms with Crippen molar-refractivity contribution in [2.45, 2.75) is 13.1 Å². The number of hydrogen-bond acceptors (Lipinski definition) is 5. The number of rotatable bonds is 4. The van der Waals surface area contributed by atoms with Crippen molar-refractivity contribution >= 4 is 12.2 Å². The zero-order valence-corrected chi connectivity index (χ0v) is 8.81. The lowest BCUT2D eigenvalue weighted by Gasteiger charge is -2.04. The summed E-state index contributed by atoms with van der Waals surface area (Å²) in [6.45, 7) is 1.71. The summed E-state index contributed by atoms with van der Waals surface area (Å²) in [6.07, 6.45) is 3.11. The van der Waals surface area contributed by atoms with E-state index in [0.29, 0.717) is 24.4 Å². The van der Waals surface area contributed by atoms with Gasteiger partial charge in [-0.15, -0.1) is 0 Å². The minimum Gasteiger partial charge on any atom is -0.329 e. The molecule has 2 aromatic rings. The standard InChI is InChI=1S/C7H11N7S/c8-1-2-14-6(11-12-7(14)15)3-13-5-9-4-10-13/h4-5H,1-3,8H2,(H,12,15). The van der Waals surface area contributed by atoms with E-state index >= 15 is 0 Å². The molecule has 7 nitrogen and oxygen atoms in total. The lowest BCUT2D eigenvalue weighted by atomic mass is 10.5. The number of aromatic nitrogens is 6. The Morgan fingerprint density at radius 2 is 2.40 bits per heavy atom. The van der Waals surface area contributed by atoms with Gasteiger partial charge in [-0.25, -0.2) is 9.67 Å². The van der Waals surface area contributed by atoms with Gasteiger partial charge in [0.2, 0.25) is 0 Å².